The molecule has 1 aromatic rings. The Morgan fingerprint density at radius 1 is 1.11 bits per heavy atom. The summed E-state index contributed by atoms with van der Waals surface area (Å²) >= 11 is 6.64. The van der Waals surface area contributed by atoms with Crippen LogP contribution < -0.4 is 0 Å². The first-order valence-corrected chi connectivity index (χ1v) is 10.3. The molecular formula is C21H30N2O2S2. The molecule has 1 fully saturated rings. The van der Waals surface area contributed by atoms with Crippen LogP contribution in [0.2, 0.25) is 0 Å². The molecule has 1 saturated heterocycles. The van der Waals surface area contributed by atoms with Gasteiger partial charge >= 0.3 is 0 Å². The molecule has 6 heteroatoms. The highest BCUT2D eigenvalue weighted by Crippen LogP contribution is 2.40. The van der Waals surface area contributed by atoms with Crippen molar-refractivity contribution < 1.29 is 9.90 Å². The molecule has 1 aliphatic rings. The van der Waals surface area contributed by atoms with Gasteiger partial charge < -0.3 is 5.11 Å². The molecule has 27 heavy (non-hydrogen) atoms. The lowest BCUT2D eigenvalue weighted by molar-refractivity contribution is -0.130. The summed E-state index contributed by atoms with van der Waals surface area (Å²) in [6, 6.07) is 4.10. The Hall–Kier alpha value is -1.37. The van der Waals surface area contributed by atoms with Crippen molar-refractivity contribution in [3.8, 4) is 5.75 Å². The van der Waals surface area contributed by atoms with Gasteiger partial charge in [0.05, 0.1) is 4.91 Å². The van der Waals surface area contributed by atoms with E-state index in [-0.39, 0.29) is 16.7 Å². The third kappa shape index (κ3) is 4.73. The Morgan fingerprint density at radius 3 is 1.96 bits per heavy atom. The number of thioether (sulfide) groups is 1. The molecule has 1 aromatic carbocycles. The summed E-state index contributed by atoms with van der Waals surface area (Å²) in [5, 5.41) is 14.0. The van der Waals surface area contributed by atoms with Gasteiger partial charge in [-0.3, -0.25) is 4.79 Å². The summed E-state index contributed by atoms with van der Waals surface area (Å²) in [4.78, 5) is 13.2. The Bertz CT molecular complexity index is 764. The number of amides is 1. The van der Waals surface area contributed by atoms with Gasteiger partial charge in [0.15, 0.2) is 4.32 Å². The van der Waals surface area contributed by atoms with Crippen LogP contribution in [0.15, 0.2) is 23.1 Å². The Balaban J connectivity index is 2.43. The number of hydrogen-bond donors (Lipinski definition) is 1. The number of rotatable bonds is 3. The quantitative estimate of drug-likeness (QED) is 0.580. The molecule has 0 radical (unpaired) electrons. The van der Waals surface area contributed by atoms with Crippen molar-refractivity contribution in [3.63, 3.8) is 0 Å². The highest BCUT2D eigenvalue weighted by Gasteiger charge is 2.33. The van der Waals surface area contributed by atoms with Crippen LogP contribution in [0.1, 0.15) is 58.2 Å². The summed E-state index contributed by atoms with van der Waals surface area (Å²) in [6.45, 7) is 12.6. The van der Waals surface area contributed by atoms with E-state index in [1.54, 1.807) is 19.1 Å². The minimum absolute atomic E-state index is 0.0825. The first-order valence-electron chi connectivity index (χ1n) is 9.04. The molecule has 0 spiro atoms. The summed E-state index contributed by atoms with van der Waals surface area (Å²) in [6.07, 6.45) is 2.55. The van der Waals surface area contributed by atoms with Crippen LogP contribution in [0, 0.1) is 0 Å². The van der Waals surface area contributed by atoms with Crippen LogP contribution >= 0.6 is 24.0 Å². The number of carbonyl (C=O) groups excluding carboxylic acids is 1. The van der Waals surface area contributed by atoms with Crippen LogP contribution in [0.3, 0.4) is 0 Å². The van der Waals surface area contributed by atoms with Crippen molar-refractivity contribution in [1.29, 1.82) is 0 Å². The second kappa shape index (κ2) is 7.57. The van der Waals surface area contributed by atoms with E-state index in [1.807, 2.05) is 18.2 Å². The van der Waals surface area contributed by atoms with E-state index < -0.39 is 0 Å². The zero-order valence-corrected chi connectivity index (χ0v) is 19.1. The number of aromatic hydroxyl groups is 1. The number of nitrogens with zero attached hydrogens (tertiary/aromatic N) is 2. The zero-order valence-electron chi connectivity index (χ0n) is 17.5. The average molecular weight is 407 g/mol. The second-order valence-electron chi connectivity index (χ2n) is 9.14. The lowest BCUT2D eigenvalue weighted by Crippen LogP contribution is -2.40. The topological polar surface area (TPSA) is 43.8 Å². The molecule has 0 unspecified atom stereocenters. The van der Waals surface area contributed by atoms with Crippen LogP contribution in [-0.2, 0) is 22.0 Å². The van der Waals surface area contributed by atoms with Gasteiger partial charge in [0.25, 0.3) is 5.91 Å². The smallest absolute Gasteiger partial charge is 0.280 e. The van der Waals surface area contributed by atoms with Crippen molar-refractivity contribution in [2.45, 2.75) is 58.8 Å². The zero-order chi connectivity index (χ0) is 20.7. The molecule has 0 atom stereocenters. The average Bonchev–Trinajstić information content (AvgIpc) is 2.78. The van der Waals surface area contributed by atoms with Crippen molar-refractivity contribution in [3.05, 3.63) is 39.8 Å². The number of thiocarbonyl (C=S) groups is 1. The van der Waals surface area contributed by atoms with Crippen molar-refractivity contribution >= 4 is 34.2 Å². The fourth-order valence-corrected chi connectivity index (χ4v) is 4.39. The molecule has 2 rings (SSSR count). The van der Waals surface area contributed by atoms with Crippen LogP contribution in [0.4, 0.5) is 0 Å². The fraction of sp³-hybridized carbons (Fsp3) is 0.524. The molecular weight excluding hydrogens is 376 g/mol. The molecule has 4 nitrogen and oxygen atoms in total. The van der Waals surface area contributed by atoms with Gasteiger partial charge in [0, 0.05) is 14.1 Å². The summed E-state index contributed by atoms with van der Waals surface area (Å²) in [5.74, 6) is 0.290. The number of hydrogen-bond acceptors (Lipinski definition) is 5. The van der Waals surface area contributed by atoms with Crippen LogP contribution in [0.25, 0.3) is 0 Å². The largest absolute Gasteiger partial charge is 0.507 e. The first kappa shape index (κ1) is 21.9. The standard InChI is InChI=1S/C21H30N2O2S2/c1-20(2,3)14-11-13(12-15(17(14)24)21(4,5)6)9-10-16-18(25)23(22(7)8)19(26)27-16/h10-12,24H,9H2,1-8H3/b16-10+. The molecule has 0 aromatic heterocycles. The maximum Gasteiger partial charge on any atom is 0.280 e. The van der Waals surface area contributed by atoms with Crippen LogP contribution in [0.5, 0.6) is 5.75 Å². The third-order valence-corrected chi connectivity index (χ3v) is 5.81. The van der Waals surface area contributed by atoms with E-state index in [1.165, 1.54) is 16.8 Å². The second-order valence-corrected chi connectivity index (χ2v) is 10.8. The fourth-order valence-electron chi connectivity index (χ4n) is 3.01. The monoisotopic (exact) mass is 406 g/mol. The molecule has 1 N–H and O–H groups in total. The van der Waals surface area contributed by atoms with Gasteiger partial charge in [-0.25, -0.2) is 10.0 Å². The SMILES string of the molecule is CN(C)N1C(=O)/C(=C\Cc2cc(C(C)(C)C)c(O)c(C(C)(C)C)c2)SC1=S. The Kier molecular flexibility index (Phi) is 6.15. The maximum absolute atomic E-state index is 12.6. The molecule has 1 amide bonds. The Labute approximate surface area is 172 Å². The molecule has 1 heterocycles. The van der Waals surface area contributed by atoms with Gasteiger partial charge in [0.1, 0.15) is 5.75 Å². The minimum atomic E-state index is -0.172. The molecule has 0 aliphatic carbocycles. The number of phenolic OH excluding ortho intramolecular Hbond substituents is 1. The van der Waals surface area contributed by atoms with E-state index >= 15 is 0 Å². The number of phenols is 1. The van der Waals surface area contributed by atoms with Crippen molar-refractivity contribution in [2.24, 2.45) is 0 Å². The third-order valence-electron chi connectivity index (χ3n) is 4.48. The van der Waals surface area contributed by atoms with Crippen molar-refractivity contribution in [2.75, 3.05) is 14.1 Å². The summed E-state index contributed by atoms with van der Waals surface area (Å²) in [5.41, 5.74) is 2.60. The predicted octanol–water partition coefficient (Wildman–Crippen LogP) is 4.75. The maximum atomic E-state index is 12.6. The highest BCUT2D eigenvalue weighted by molar-refractivity contribution is 8.26. The lowest BCUT2D eigenvalue weighted by Gasteiger charge is -2.28. The number of benzene rings is 1. The first-order chi connectivity index (χ1) is 12.2. The Morgan fingerprint density at radius 2 is 1.59 bits per heavy atom. The van der Waals surface area contributed by atoms with Crippen molar-refractivity contribution in [1.82, 2.24) is 10.0 Å². The van der Waals surface area contributed by atoms with E-state index in [0.717, 1.165) is 16.7 Å². The molecule has 1 aliphatic heterocycles. The normalized spacial score (nSPS) is 17.5. The summed E-state index contributed by atoms with van der Waals surface area (Å²) in [7, 11) is 3.61. The highest BCUT2D eigenvalue weighted by atomic mass is 32.2. The summed E-state index contributed by atoms with van der Waals surface area (Å²) < 4.78 is 0.549. The number of allylic oxidation sites excluding steroid dienone is 1. The predicted molar refractivity (Wildman–Crippen MR) is 118 cm³/mol. The van der Waals surface area contributed by atoms with Gasteiger partial charge in [0.2, 0.25) is 0 Å². The van der Waals surface area contributed by atoms with E-state index in [4.69, 9.17) is 12.2 Å². The van der Waals surface area contributed by atoms with Gasteiger partial charge in [-0.05, 0) is 33.9 Å². The van der Waals surface area contributed by atoms with E-state index in [0.29, 0.717) is 21.4 Å². The lowest BCUT2D eigenvalue weighted by atomic mass is 9.78. The van der Waals surface area contributed by atoms with Crippen LogP contribution in [-0.4, -0.2) is 39.4 Å². The molecule has 0 saturated carbocycles. The van der Waals surface area contributed by atoms with E-state index in [9.17, 15) is 9.90 Å². The minimum Gasteiger partial charge on any atom is -0.507 e. The van der Waals surface area contributed by atoms with E-state index in [2.05, 4.69) is 41.5 Å². The number of carbonyl (C=O) groups is 1. The van der Waals surface area contributed by atoms with Gasteiger partial charge in [-0.2, -0.15) is 0 Å². The number of hydrazine groups is 1. The molecule has 0 bridgehead atoms. The van der Waals surface area contributed by atoms with Gasteiger partial charge in [-0.1, -0.05) is 83.7 Å². The molecule has 148 valence electrons. The van der Waals surface area contributed by atoms with Gasteiger partial charge in [-0.15, -0.1) is 0 Å².